The summed E-state index contributed by atoms with van der Waals surface area (Å²) in [5.74, 6) is 0.0740. The number of hydrogen-bond donors (Lipinski definition) is 2. The third kappa shape index (κ3) is 7.81. The van der Waals surface area contributed by atoms with Gasteiger partial charge >= 0.3 is 0 Å². The van der Waals surface area contributed by atoms with Crippen LogP contribution in [0.5, 0.6) is 5.75 Å². The van der Waals surface area contributed by atoms with E-state index in [1.54, 1.807) is 30.3 Å². The standard InChI is InChI=1S/C35H39Cl2N3O3S/c1-8-34(4,5)23-13-16-29(26(18-23)35(6,7)9-2)43-20-30(41)39-25-12-10-11-22(17-25)31-32(44-21(3)38-31)33(42)40-28-19-24(36)14-15-27(28)37/h10-19H,8-9,20H2,1-7H3,(H,39,41)(H,40,42). The lowest BCUT2D eigenvalue weighted by molar-refractivity contribution is -0.118. The van der Waals surface area contributed by atoms with E-state index in [1.165, 1.54) is 16.9 Å². The Balaban J connectivity index is 1.51. The SMILES string of the molecule is CCC(C)(C)c1ccc(OCC(=O)Nc2cccc(-c3nc(C)sc3C(=O)Nc3cc(Cl)ccc3Cl)c2)c(C(C)(C)CC)c1. The van der Waals surface area contributed by atoms with E-state index < -0.39 is 0 Å². The summed E-state index contributed by atoms with van der Waals surface area (Å²) in [6.45, 7) is 14.9. The molecule has 0 saturated carbocycles. The van der Waals surface area contributed by atoms with Crippen LogP contribution in [-0.4, -0.2) is 23.4 Å². The van der Waals surface area contributed by atoms with Crippen LogP contribution in [0.1, 0.15) is 80.2 Å². The van der Waals surface area contributed by atoms with Gasteiger partial charge in [0.15, 0.2) is 6.61 Å². The van der Waals surface area contributed by atoms with Crippen LogP contribution in [0.4, 0.5) is 11.4 Å². The molecule has 0 saturated heterocycles. The normalized spacial score (nSPS) is 11.8. The third-order valence-electron chi connectivity index (χ3n) is 8.15. The zero-order chi connectivity index (χ0) is 32.2. The number of nitrogens with zero attached hydrogens (tertiary/aromatic N) is 1. The highest BCUT2D eigenvalue weighted by atomic mass is 35.5. The van der Waals surface area contributed by atoms with Gasteiger partial charge in [0.2, 0.25) is 0 Å². The first-order valence-corrected chi connectivity index (χ1v) is 16.2. The van der Waals surface area contributed by atoms with Gasteiger partial charge in [-0.1, -0.05) is 89.0 Å². The van der Waals surface area contributed by atoms with E-state index in [9.17, 15) is 9.59 Å². The Morgan fingerprint density at radius 3 is 2.34 bits per heavy atom. The van der Waals surface area contributed by atoms with Gasteiger partial charge in [-0.25, -0.2) is 4.98 Å². The fourth-order valence-corrected chi connectivity index (χ4v) is 5.81. The minimum Gasteiger partial charge on any atom is -0.483 e. The van der Waals surface area contributed by atoms with Crippen molar-refractivity contribution in [2.24, 2.45) is 0 Å². The van der Waals surface area contributed by atoms with Gasteiger partial charge in [0.05, 0.1) is 21.4 Å². The molecule has 4 aromatic rings. The molecule has 0 unspecified atom stereocenters. The van der Waals surface area contributed by atoms with Gasteiger partial charge in [-0.2, -0.15) is 0 Å². The summed E-state index contributed by atoms with van der Waals surface area (Å²) in [5, 5.41) is 7.32. The van der Waals surface area contributed by atoms with Crippen LogP contribution < -0.4 is 15.4 Å². The molecule has 0 radical (unpaired) electrons. The second-order valence-corrected chi connectivity index (χ2v) is 14.1. The number of rotatable bonds is 11. The summed E-state index contributed by atoms with van der Waals surface area (Å²) in [6, 6.07) is 18.4. The number of carbonyl (C=O) groups is 2. The second-order valence-electron chi connectivity index (χ2n) is 12.1. The van der Waals surface area contributed by atoms with Gasteiger partial charge in [-0.3, -0.25) is 9.59 Å². The van der Waals surface area contributed by atoms with Crippen LogP contribution >= 0.6 is 34.5 Å². The van der Waals surface area contributed by atoms with E-state index in [0.29, 0.717) is 43.3 Å². The van der Waals surface area contributed by atoms with Crippen molar-refractivity contribution in [2.45, 2.75) is 72.1 Å². The van der Waals surface area contributed by atoms with Crippen LogP contribution in [0.3, 0.4) is 0 Å². The van der Waals surface area contributed by atoms with Crippen molar-refractivity contribution >= 4 is 57.7 Å². The number of anilines is 2. The summed E-state index contributed by atoms with van der Waals surface area (Å²) in [6.07, 6.45) is 1.95. The molecule has 9 heteroatoms. The average Bonchev–Trinajstić information content (AvgIpc) is 3.39. The molecule has 1 heterocycles. The minimum absolute atomic E-state index is 0.0399. The number of aryl methyl sites for hydroxylation is 1. The molecule has 0 spiro atoms. The Kier molecular flexibility index (Phi) is 10.4. The number of carbonyl (C=O) groups excluding carboxylic acids is 2. The first-order chi connectivity index (χ1) is 20.7. The quantitative estimate of drug-likeness (QED) is 0.169. The largest absolute Gasteiger partial charge is 0.483 e. The number of aromatic nitrogens is 1. The van der Waals surface area contributed by atoms with Crippen molar-refractivity contribution in [3.63, 3.8) is 0 Å². The van der Waals surface area contributed by atoms with E-state index in [2.05, 4.69) is 69.3 Å². The summed E-state index contributed by atoms with van der Waals surface area (Å²) >= 11 is 13.6. The zero-order valence-corrected chi connectivity index (χ0v) is 28.6. The first kappa shape index (κ1) is 33.5. The molecule has 0 atom stereocenters. The molecule has 2 N–H and O–H groups in total. The lowest BCUT2D eigenvalue weighted by Gasteiger charge is -2.30. The second kappa shape index (κ2) is 13.7. The number of halogens is 2. The highest BCUT2D eigenvalue weighted by molar-refractivity contribution is 7.14. The molecule has 0 bridgehead atoms. The van der Waals surface area contributed by atoms with Crippen molar-refractivity contribution in [3.05, 3.63) is 91.7 Å². The molecule has 4 rings (SSSR count). The zero-order valence-electron chi connectivity index (χ0n) is 26.2. The van der Waals surface area contributed by atoms with Gasteiger partial charge in [0.25, 0.3) is 11.8 Å². The minimum atomic E-state index is -0.350. The van der Waals surface area contributed by atoms with Crippen molar-refractivity contribution < 1.29 is 14.3 Å². The van der Waals surface area contributed by atoms with Crippen LogP contribution in [0.15, 0.2) is 60.7 Å². The van der Waals surface area contributed by atoms with Crippen molar-refractivity contribution in [2.75, 3.05) is 17.2 Å². The summed E-state index contributed by atoms with van der Waals surface area (Å²) in [5.41, 5.74) is 4.46. The highest BCUT2D eigenvalue weighted by Gasteiger charge is 2.27. The molecule has 232 valence electrons. The molecule has 2 amide bonds. The van der Waals surface area contributed by atoms with Gasteiger partial charge in [0.1, 0.15) is 10.6 Å². The Hall–Kier alpha value is -3.39. The number of nitrogens with one attached hydrogen (secondary N) is 2. The van der Waals surface area contributed by atoms with Crippen molar-refractivity contribution in [3.8, 4) is 17.0 Å². The molecule has 0 aliphatic carbocycles. The predicted octanol–water partition coefficient (Wildman–Crippen LogP) is 10.1. The van der Waals surface area contributed by atoms with Gasteiger partial charge in [-0.15, -0.1) is 11.3 Å². The van der Waals surface area contributed by atoms with Crippen molar-refractivity contribution in [1.82, 2.24) is 4.98 Å². The molecule has 0 aliphatic rings. The smallest absolute Gasteiger partial charge is 0.268 e. The van der Waals surface area contributed by atoms with E-state index in [1.807, 2.05) is 25.1 Å². The molecular weight excluding hydrogens is 613 g/mol. The summed E-state index contributed by atoms with van der Waals surface area (Å²) in [4.78, 5) is 31.3. The fourth-order valence-electron chi connectivity index (χ4n) is 4.63. The maximum atomic E-state index is 13.3. The molecule has 3 aromatic carbocycles. The molecule has 1 aromatic heterocycles. The van der Waals surface area contributed by atoms with Crippen LogP contribution in [0.25, 0.3) is 11.3 Å². The van der Waals surface area contributed by atoms with Gasteiger partial charge < -0.3 is 15.4 Å². The lowest BCUT2D eigenvalue weighted by atomic mass is 9.76. The predicted molar refractivity (Wildman–Crippen MR) is 184 cm³/mol. The summed E-state index contributed by atoms with van der Waals surface area (Å²) < 4.78 is 6.11. The molecule has 6 nitrogen and oxygen atoms in total. The number of hydrogen-bond acceptors (Lipinski definition) is 5. The molecule has 0 fully saturated rings. The number of benzene rings is 3. The van der Waals surface area contributed by atoms with Crippen LogP contribution in [-0.2, 0) is 15.6 Å². The monoisotopic (exact) mass is 651 g/mol. The summed E-state index contributed by atoms with van der Waals surface area (Å²) in [7, 11) is 0. The fraction of sp³-hybridized carbons (Fsp3) is 0.343. The molecular formula is C35H39Cl2N3O3S. The molecule has 44 heavy (non-hydrogen) atoms. The average molecular weight is 653 g/mol. The topological polar surface area (TPSA) is 80.3 Å². The van der Waals surface area contributed by atoms with Crippen LogP contribution in [0, 0.1) is 6.92 Å². The highest BCUT2D eigenvalue weighted by Crippen LogP contribution is 2.38. The van der Waals surface area contributed by atoms with Gasteiger partial charge in [0, 0.05) is 21.8 Å². The number of amides is 2. The number of thiazole rings is 1. The first-order valence-electron chi connectivity index (χ1n) is 14.7. The van der Waals surface area contributed by atoms with Crippen molar-refractivity contribution in [1.29, 1.82) is 0 Å². The maximum absolute atomic E-state index is 13.3. The van der Waals surface area contributed by atoms with Crippen LogP contribution in [0.2, 0.25) is 10.0 Å². The maximum Gasteiger partial charge on any atom is 0.268 e. The lowest BCUT2D eigenvalue weighted by Crippen LogP contribution is -2.24. The number of ether oxygens (including phenoxy) is 1. The van der Waals surface area contributed by atoms with E-state index in [4.69, 9.17) is 27.9 Å². The van der Waals surface area contributed by atoms with E-state index >= 15 is 0 Å². The Labute approximate surface area is 274 Å². The Morgan fingerprint density at radius 1 is 0.909 bits per heavy atom. The van der Waals surface area contributed by atoms with E-state index in [-0.39, 0.29) is 29.3 Å². The Bertz CT molecular complexity index is 1680. The Morgan fingerprint density at radius 2 is 1.64 bits per heavy atom. The third-order valence-corrected chi connectivity index (χ3v) is 9.69. The van der Waals surface area contributed by atoms with E-state index in [0.717, 1.165) is 23.4 Å². The van der Waals surface area contributed by atoms with Gasteiger partial charge in [-0.05, 0) is 72.6 Å². The molecule has 0 aliphatic heterocycles.